The fourth-order valence-corrected chi connectivity index (χ4v) is 2.51. The van der Waals surface area contributed by atoms with Crippen molar-refractivity contribution in [3.8, 4) is 0 Å². The molecule has 4 heteroatoms. The lowest BCUT2D eigenvalue weighted by Gasteiger charge is -2.08. The summed E-state index contributed by atoms with van der Waals surface area (Å²) in [6.45, 7) is 4.05. The van der Waals surface area contributed by atoms with Crippen LogP contribution >= 0.6 is 23.2 Å². The molecule has 2 rings (SSSR count). The van der Waals surface area contributed by atoms with Crippen molar-refractivity contribution in [1.82, 2.24) is 9.97 Å². The molecule has 0 aliphatic rings. The second kappa shape index (κ2) is 5.68. The molecule has 1 aromatic heterocycles. The number of rotatable bonds is 3. The maximum atomic E-state index is 6.11. The summed E-state index contributed by atoms with van der Waals surface area (Å²) < 4.78 is 0. The SMILES string of the molecule is CCc1c(Cl)nc(Cc2ccccc2C)nc1Cl. The van der Waals surface area contributed by atoms with Crippen LogP contribution < -0.4 is 0 Å². The smallest absolute Gasteiger partial charge is 0.137 e. The number of aromatic nitrogens is 2. The molecule has 0 aliphatic heterocycles. The van der Waals surface area contributed by atoms with Crippen molar-refractivity contribution >= 4 is 23.2 Å². The van der Waals surface area contributed by atoms with E-state index in [0.29, 0.717) is 22.6 Å². The van der Waals surface area contributed by atoms with Gasteiger partial charge in [0.2, 0.25) is 0 Å². The van der Waals surface area contributed by atoms with Gasteiger partial charge in [-0.2, -0.15) is 0 Å². The van der Waals surface area contributed by atoms with E-state index in [0.717, 1.165) is 12.0 Å². The molecule has 1 heterocycles. The minimum atomic E-state index is 0.459. The van der Waals surface area contributed by atoms with E-state index in [1.807, 2.05) is 19.1 Å². The fourth-order valence-electron chi connectivity index (χ4n) is 1.82. The summed E-state index contributed by atoms with van der Waals surface area (Å²) in [5.41, 5.74) is 3.22. The summed E-state index contributed by atoms with van der Waals surface area (Å²) in [6.07, 6.45) is 1.39. The van der Waals surface area contributed by atoms with Crippen LogP contribution in [0.2, 0.25) is 10.3 Å². The number of hydrogen-bond donors (Lipinski definition) is 0. The predicted octanol–water partition coefficient (Wildman–Crippen LogP) is 4.25. The Hall–Kier alpha value is -1.12. The molecule has 18 heavy (non-hydrogen) atoms. The zero-order valence-electron chi connectivity index (χ0n) is 10.4. The zero-order valence-corrected chi connectivity index (χ0v) is 11.9. The summed E-state index contributed by atoms with van der Waals surface area (Å²) in [7, 11) is 0. The summed E-state index contributed by atoms with van der Waals surface area (Å²) in [4.78, 5) is 8.62. The summed E-state index contributed by atoms with van der Waals surface area (Å²) in [6, 6.07) is 8.15. The average Bonchev–Trinajstić information content (AvgIpc) is 2.32. The molecule has 2 aromatic rings. The third kappa shape index (κ3) is 2.82. The molecule has 2 nitrogen and oxygen atoms in total. The number of aryl methyl sites for hydroxylation is 1. The van der Waals surface area contributed by atoms with Crippen molar-refractivity contribution in [3.63, 3.8) is 0 Å². The molecular weight excluding hydrogens is 267 g/mol. The van der Waals surface area contributed by atoms with Crippen molar-refractivity contribution in [2.45, 2.75) is 26.7 Å². The van der Waals surface area contributed by atoms with Crippen LogP contribution in [-0.4, -0.2) is 9.97 Å². The van der Waals surface area contributed by atoms with E-state index in [9.17, 15) is 0 Å². The quantitative estimate of drug-likeness (QED) is 0.786. The number of nitrogens with zero attached hydrogens (tertiary/aromatic N) is 2. The second-order valence-electron chi connectivity index (χ2n) is 4.16. The molecule has 0 unspecified atom stereocenters. The molecule has 0 atom stereocenters. The van der Waals surface area contributed by atoms with E-state index in [4.69, 9.17) is 23.2 Å². The minimum absolute atomic E-state index is 0.459. The predicted molar refractivity (Wildman–Crippen MR) is 75.4 cm³/mol. The van der Waals surface area contributed by atoms with Crippen LogP contribution in [0.4, 0.5) is 0 Å². The van der Waals surface area contributed by atoms with Crippen LogP contribution in [-0.2, 0) is 12.8 Å². The third-order valence-electron chi connectivity index (χ3n) is 2.92. The van der Waals surface area contributed by atoms with Gasteiger partial charge < -0.3 is 0 Å². The van der Waals surface area contributed by atoms with Gasteiger partial charge in [0.25, 0.3) is 0 Å². The van der Waals surface area contributed by atoms with Gasteiger partial charge in [0.15, 0.2) is 0 Å². The molecule has 0 aliphatic carbocycles. The molecule has 0 spiro atoms. The van der Waals surface area contributed by atoms with Crippen molar-refractivity contribution in [1.29, 1.82) is 0 Å². The summed E-state index contributed by atoms with van der Waals surface area (Å²) in [5.74, 6) is 0.663. The Morgan fingerprint density at radius 3 is 2.22 bits per heavy atom. The first-order valence-corrected chi connectivity index (χ1v) is 6.62. The minimum Gasteiger partial charge on any atom is -0.220 e. The Bertz CT molecular complexity index is 544. The molecule has 0 amide bonds. The highest BCUT2D eigenvalue weighted by Gasteiger charge is 2.10. The topological polar surface area (TPSA) is 25.8 Å². The van der Waals surface area contributed by atoms with Crippen LogP contribution in [0.15, 0.2) is 24.3 Å². The van der Waals surface area contributed by atoms with E-state index in [-0.39, 0.29) is 0 Å². The van der Waals surface area contributed by atoms with E-state index in [1.54, 1.807) is 0 Å². The van der Waals surface area contributed by atoms with Gasteiger partial charge in [-0.05, 0) is 24.5 Å². The molecule has 0 N–H and O–H groups in total. The van der Waals surface area contributed by atoms with Gasteiger partial charge in [0.05, 0.1) is 0 Å². The van der Waals surface area contributed by atoms with Gasteiger partial charge in [0.1, 0.15) is 16.1 Å². The number of halogens is 2. The molecule has 0 fully saturated rings. The van der Waals surface area contributed by atoms with Gasteiger partial charge in [-0.1, -0.05) is 54.4 Å². The van der Waals surface area contributed by atoms with E-state index in [1.165, 1.54) is 11.1 Å². The van der Waals surface area contributed by atoms with Crippen LogP contribution in [0.1, 0.15) is 29.4 Å². The molecule has 0 bridgehead atoms. The normalized spacial score (nSPS) is 10.7. The van der Waals surface area contributed by atoms with Crippen molar-refractivity contribution < 1.29 is 0 Å². The highest BCUT2D eigenvalue weighted by atomic mass is 35.5. The summed E-state index contributed by atoms with van der Waals surface area (Å²) >= 11 is 12.2. The lowest BCUT2D eigenvalue weighted by molar-refractivity contribution is 0.932. The largest absolute Gasteiger partial charge is 0.220 e. The average molecular weight is 281 g/mol. The van der Waals surface area contributed by atoms with Crippen molar-refractivity contribution in [2.75, 3.05) is 0 Å². The third-order valence-corrected chi connectivity index (χ3v) is 3.54. The first-order valence-electron chi connectivity index (χ1n) is 5.87. The van der Waals surface area contributed by atoms with E-state index < -0.39 is 0 Å². The second-order valence-corrected chi connectivity index (χ2v) is 4.87. The molecule has 94 valence electrons. The Balaban J connectivity index is 2.34. The maximum absolute atomic E-state index is 6.11. The van der Waals surface area contributed by atoms with Crippen LogP contribution in [0.3, 0.4) is 0 Å². The molecular formula is C14H14Cl2N2. The molecule has 0 saturated heterocycles. The Morgan fingerprint density at radius 1 is 1.06 bits per heavy atom. The Labute approximate surface area is 117 Å². The maximum Gasteiger partial charge on any atom is 0.137 e. The van der Waals surface area contributed by atoms with Crippen LogP contribution in [0.5, 0.6) is 0 Å². The summed E-state index contributed by atoms with van der Waals surface area (Å²) in [5, 5.41) is 0.919. The van der Waals surface area contributed by atoms with Gasteiger partial charge in [0, 0.05) is 12.0 Å². The van der Waals surface area contributed by atoms with Crippen molar-refractivity contribution in [2.24, 2.45) is 0 Å². The molecule has 0 saturated carbocycles. The highest BCUT2D eigenvalue weighted by Crippen LogP contribution is 2.22. The van der Waals surface area contributed by atoms with Gasteiger partial charge in [-0.3, -0.25) is 0 Å². The monoisotopic (exact) mass is 280 g/mol. The zero-order chi connectivity index (χ0) is 13.1. The van der Waals surface area contributed by atoms with Gasteiger partial charge in [-0.25, -0.2) is 9.97 Å². The molecule has 0 radical (unpaired) electrons. The lowest BCUT2D eigenvalue weighted by atomic mass is 10.1. The van der Waals surface area contributed by atoms with Gasteiger partial charge >= 0.3 is 0 Å². The van der Waals surface area contributed by atoms with E-state index >= 15 is 0 Å². The molecule has 1 aromatic carbocycles. The fraction of sp³-hybridized carbons (Fsp3) is 0.286. The standard InChI is InChI=1S/C14H14Cl2N2/c1-3-11-13(15)17-12(18-14(11)16)8-10-7-5-4-6-9(10)2/h4-7H,3,8H2,1-2H3. The number of benzene rings is 1. The Morgan fingerprint density at radius 2 is 1.67 bits per heavy atom. The Kier molecular flexibility index (Phi) is 4.20. The first-order chi connectivity index (χ1) is 8.61. The van der Waals surface area contributed by atoms with Crippen LogP contribution in [0, 0.1) is 6.92 Å². The highest BCUT2D eigenvalue weighted by molar-refractivity contribution is 6.34. The number of hydrogen-bond acceptors (Lipinski definition) is 2. The van der Waals surface area contributed by atoms with Crippen molar-refractivity contribution in [3.05, 3.63) is 57.1 Å². The van der Waals surface area contributed by atoms with Gasteiger partial charge in [-0.15, -0.1) is 0 Å². The lowest BCUT2D eigenvalue weighted by Crippen LogP contribution is -2.02. The first kappa shape index (κ1) is 13.3. The van der Waals surface area contributed by atoms with Crippen LogP contribution in [0.25, 0.3) is 0 Å². The van der Waals surface area contributed by atoms with E-state index in [2.05, 4.69) is 29.0 Å².